The number of likely N-dealkylation sites (tertiary alicyclic amines) is 1. The molecule has 2 aromatic heterocycles. The van der Waals surface area contributed by atoms with Crippen LogP contribution in [0.1, 0.15) is 30.7 Å². The maximum atomic E-state index is 12.5. The van der Waals surface area contributed by atoms with Crippen LogP contribution in [-0.2, 0) is 11.2 Å². The van der Waals surface area contributed by atoms with Gasteiger partial charge in [-0.3, -0.25) is 9.89 Å². The number of H-pyrrole nitrogens is 1. The van der Waals surface area contributed by atoms with Crippen molar-refractivity contribution in [1.82, 2.24) is 20.1 Å². The summed E-state index contributed by atoms with van der Waals surface area (Å²) in [6.45, 7) is 5.35. The summed E-state index contributed by atoms with van der Waals surface area (Å²) in [7, 11) is 0. The Kier molecular flexibility index (Phi) is 4.77. The summed E-state index contributed by atoms with van der Waals surface area (Å²) in [6, 6.07) is 5.81. The van der Waals surface area contributed by atoms with Gasteiger partial charge in [0.2, 0.25) is 5.91 Å². The van der Waals surface area contributed by atoms with Crippen LogP contribution in [0.3, 0.4) is 0 Å². The van der Waals surface area contributed by atoms with E-state index in [-0.39, 0.29) is 12.0 Å². The van der Waals surface area contributed by atoms with E-state index in [0.717, 1.165) is 49.0 Å². The lowest BCUT2D eigenvalue weighted by molar-refractivity contribution is -0.129. The second-order valence-corrected chi connectivity index (χ2v) is 7.11. The number of rotatable bonds is 5. The third-order valence-electron chi connectivity index (χ3n) is 5.04. The van der Waals surface area contributed by atoms with E-state index in [1.165, 1.54) is 12.8 Å². The zero-order valence-corrected chi connectivity index (χ0v) is 15.1. The molecule has 1 amide bonds. The molecule has 4 heterocycles. The zero-order valence-electron chi connectivity index (χ0n) is 15.1. The van der Waals surface area contributed by atoms with E-state index in [2.05, 4.69) is 20.1 Å². The third-order valence-corrected chi connectivity index (χ3v) is 5.04. The third kappa shape index (κ3) is 3.66. The Balaban J connectivity index is 1.36. The van der Waals surface area contributed by atoms with Crippen molar-refractivity contribution in [2.24, 2.45) is 0 Å². The van der Waals surface area contributed by atoms with Crippen molar-refractivity contribution in [1.29, 1.82) is 0 Å². The number of ether oxygens (including phenoxy) is 1. The SMILES string of the molecule is Cc1cc(CC(=O)N2CC[C@@H](Oc3cccnc3N3CCCC3)C2)n[nH]1. The zero-order chi connectivity index (χ0) is 17.9. The minimum absolute atomic E-state index is 0.0189. The van der Waals surface area contributed by atoms with E-state index in [4.69, 9.17) is 4.74 Å². The number of hydrogen-bond donors (Lipinski definition) is 1. The Morgan fingerprint density at radius 3 is 2.96 bits per heavy atom. The molecule has 0 spiro atoms. The molecule has 2 aromatic rings. The maximum Gasteiger partial charge on any atom is 0.228 e. The molecule has 1 atom stereocenters. The summed E-state index contributed by atoms with van der Waals surface area (Å²) in [5, 5.41) is 7.03. The van der Waals surface area contributed by atoms with Gasteiger partial charge >= 0.3 is 0 Å². The van der Waals surface area contributed by atoms with Gasteiger partial charge in [0, 0.05) is 37.9 Å². The minimum atomic E-state index is 0.0189. The first-order chi connectivity index (χ1) is 12.7. The number of nitrogens with one attached hydrogen (secondary N) is 1. The average molecular weight is 355 g/mol. The van der Waals surface area contributed by atoms with Crippen molar-refractivity contribution in [3.05, 3.63) is 35.8 Å². The highest BCUT2D eigenvalue weighted by Gasteiger charge is 2.29. The van der Waals surface area contributed by atoms with Gasteiger partial charge in [0.15, 0.2) is 11.6 Å². The van der Waals surface area contributed by atoms with Crippen molar-refractivity contribution in [3.63, 3.8) is 0 Å². The number of amides is 1. The molecule has 2 aliphatic rings. The molecule has 0 radical (unpaired) electrons. The number of anilines is 1. The maximum absolute atomic E-state index is 12.5. The van der Waals surface area contributed by atoms with Crippen LogP contribution in [0.4, 0.5) is 5.82 Å². The molecule has 1 N–H and O–H groups in total. The molecule has 26 heavy (non-hydrogen) atoms. The van der Waals surface area contributed by atoms with Crippen molar-refractivity contribution in [3.8, 4) is 5.75 Å². The van der Waals surface area contributed by atoms with Crippen molar-refractivity contribution < 1.29 is 9.53 Å². The molecule has 0 bridgehead atoms. The summed E-state index contributed by atoms with van der Waals surface area (Å²) in [5.41, 5.74) is 1.77. The number of pyridine rings is 1. The molecule has 4 rings (SSSR count). The highest BCUT2D eigenvalue weighted by molar-refractivity contribution is 5.78. The van der Waals surface area contributed by atoms with Crippen LogP contribution in [0, 0.1) is 6.92 Å². The van der Waals surface area contributed by atoms with Crippen LogP contribution in [0.2, 0.25) is 0 Å². The van der Waals surface area contributed by atoms with Gasteiger partial charge in [-0.25, -0.2) is 4.98 Å². The van der Waals surface area contributed by atoms with Crippen LogP contribution < -0.4 is 9.64 Å². The van der Waals surface area contributed by atoms with E-state index in [9.17, 15) is 4.79 Å². The monoisotopic (exact) mass is 355 g/mol. The fourth-order valence-electron chi connectivity index (χ4n) is 3.70. The molecule has 7 heteroatoms. The van der Waals surface area contributed by atoms with E-state index in [1.54, 1.807) is 0 Å². The Labute approximate surface area is 153 Å². The molecule has 0 aromatic carbocycles. The molecule has 0 unspecified atom stereocenters. The van der Waals surface area contributed by atoms with E-state index < -0.39 is 0 Å². The second kappa shape index (κ2) is 7.35. The molecule has 2 fully saturated rings. The molecule has 2 saturated heterocycles. The van der Waals surface area contributed by atoms with Gasteiger partial charge in [-0.05, 0) is 38.0 Å². The first-order valence-corrected chi connectivity index (χ1v) is 9.34. The number of carbonyl (C=O) groups excluding carboxylic acids is 1. The number of nitrogens with zero attached hydrogens (tertiary/aromatic N) is 4. The topological polar surface area (TPSA) is 74.4 Å². The van der Waals surface area contributed by atoms with Crippen LogP contribution in [-0.4, -0.2) is 58.3 Å². The van der Waals surface area contributed by atoms with Gasteiger partial charge in [0.25, 0.3) is 0 Å². The molecule has 0 saturated carbocycles. The highest BCUT2D eigenvalue weighted by Crippen LogP contribution is 2.30. The largest absolute Gasteiger partial charge is 0.485 e. The average Bonchev–Trinajstić information content (AvgIpc) is 3.38. The Morgan fingerprint density at radius 2 is 2.19 bits per heavy atom. The fourth-order valence-corrected chi connectivity index (χ4v) is 3.70. The van der Waals surface area contributed by atoms with E-state index >= 15 is 0 Å². The summed E-state index contributed by atoms with van der Waals surface area (Å²) in [5.74, 6) is 1.87. The first kappa shape index (κ1) is 16.9. The number of aryl methyl sites for hydroxylation is 1. The molecule has 2 aliphatic heterocycles. The number of aromatic nitrogens is 3. The quantitative estimate of drug-likeness (QED) is 0.887. The summed E-state index contributed by atoms with van der Waals surface area (Å²) in [6.07, 6.45) is 5.42. The first-order valence-electron chi connectivity index (χ1n) is 9.34. The number of hydrogen-bond acceptors (Lipinski definition) is 5. The summed E-state index contributed by atoms with van der Waals surface area (Å²) in [4.78, 5) is 21.2. The van der Waals surface area contributed by atoms with Crippen LogP contribution in [0.5, 0.6) is 5.75 Å². The summed E-state index contributed by atoms with van der Waals surface area (Å²) >= 11 is 0. The second-order valence-electron chi connectivity index (χ2n) is 7.11. The Hall–Kier alpha value is -2.57. The van der Waals surface area contributed by atoms with Crippen LogP contribution >= 0.6 is 0 Å². The molecular formula is C19H25N5O2. The van der Waals surface area contributed by atoms with Gasteiger partial charge in [-0.15, -0.1) is 0 Å². The van der Waals surface area contributed by atoms with Crippen molar-refractivity contribution in [2.45, 2.75) is 38.7 Å². The Morgan fingerprint density at radius 1 is 1.35 bits per heavy atom. The van der Waals surface area contributed by atoms with E-state index in [1.807, 2.05) is 36.2 Å². The lowest BCUT2D eigenvalue weighted by Gasteiger charge is -2.22. The van der Waals surface area contributed by atoms with Gasteiger partial charge in [0.1, 0.15) is 6.10 Å². The standard InChI is InChI=1S/C19H25N5O2/c1-14-11-15(22-21-14)12-18(25)24-10-6-16(13-24)26-17-5-4-7-20-19(17)23-8-2-3-9-23/h4-5,7,11,16H,2-3,6,8-10,12-13H2,1H3,(H,21,22)/t16-/m1/s1. The van der Waals surface area contributed by atoms with Gasteiger partial charge in [-0.2, -0.15) is 5.10 Å². The lowest BCUT2D eigenvalue weighted by Crippen LogP contribution is -2.32. The Bertz CT molecular complexity index is 769. The molecule has 7 nitrogen and oxygen atoms in total. The van der Waals surface area contributed by atoms with Gasteiger partial charge in [0.05, 0.1) is 18.7 Å². The molecular weight excluding hydrogens is 330 g/mol. The normalized spacial score (nSPS) is 20.0. The fraction of sp³-hybridized carbons (Fsp3) is 0.526. The predicted molar refractivity (Wildman–Crippen MR) is 98.3 cm³/mol. The molecule has 0 aliphatic carbocycles. The smallest absolute Gasteiger partial charge is 0.228 e. The lowest BCUT2D eigenvalue weighted by atomic mass is 10.2. The van der Waals surface area contributed by atoms with Crippen molar-refractivity contribution >= 4 is 11.7 Å². The molecule has 138 valence electrons. The number of carbonyl (C=O) groups is 1. The number of aromatic amines is 1. The highest BCUT2D eigenvalue weighted by atomic mass is 16.5. The van der Waals surface area contributed by atoms with Crippen LogP contribution in [0.25, 0.3) is 0 Å². The van der Waals surface area contributed by atoms with Crippen molar-refractivity contribution in [2.75, 3.05) is 31.1 Å². The predicted octanol–water partition coefficient (Wildman–Crippen LogP) is 1.94. The van der Waals surface area contributed by atoms with Crippen LogP contribution in [0.15, 0.2) is 24.4 Å². The summed E-state index contributed by atoms with van der Waals surface area (Å²) < 4.78 is 6.23. The van der Waals surface area contributed by atoms with Gasteiger partial charge < -0.3 is 14.5 Å². The van der Waals surface area contributed by atoms with E-state index in [0.29, 0.717) is 13.0 Å². The van der Waals surface area contributed by atoms with Gasteiger partial charge in [-0.1, -0.05) is 0 Å². The minimum Gasteiger partial charge on any atom is -0.485 e.